The van der Waals surface area contributed by atoms with Crippen LogP contribution in [0.25, 0.3) is 22.4 Å². The molecule has 0 bridgehead atoms. The van der Waals surface area contributed by atoms with Crippen LogP contribution in [0.4, 0.5) is 15.0 Å². The van der Waals surface area contributed by atoms with Crippen molar-refractivity contribution in [3.63, 3.8) is 0 Å². The van der Waals surface area contributed by atoms with Gasteiger partial charge in [-0.15, -0.1) is 0 Å². The van der Waals surface area contributed by atoms with Crippen LogP contribution in [0.2, 0.25) is 0 Å². The molecule has 0 saturated heterocycles. The number of halogens is 1. The minimum absolute atomic E-state index is 0.0235. The minimum atomic E-state index is -0.493. The summed E-state index contributed by atoms with van der Waals surface area (Å²) in [4.78, 5) is 29.6. The molecule has 3 aromatic heterocycles. The molecule has 0 radical (unpaired) electrons. The number of nitrogens with one attached hydrogen (secondary N) is 3. The zero-order chi connectivity index (χ0) is 21.3. The van der Waals surface area contributed by atoms with Gasteiger partial charge in [-0.3, -0.25) is 0 Å². The molecule has 4 rings (SSSR count). The average molecular weight is 411 g/mol. The molecular formula is C21H26FN7O. The van der Waals surface area contributed by atoms with Gasteiger partial charge in [0, 0.05) is 49.5 Å². The van der Waals surface area contributed by atoms with E-state index in [1.54, 1.807) is 26.5 Å². The molecular weight excluding hydrogens is 385 g/mol. The summed E-state index contributed by atoms with van der Waals surface area (Å²) < 4.78 is 14.5. The Morgan fingerprint density at radius 2 is 2.03 bits per heavy atom. The zero-order valence-electron chi connectivity index (χ0n) is 17.4. The summed E-state index contributed by atoms with van der Waals surface area (Å²) in [5, 5.41) is 7.14. The highest BCUT2D eigenvalue weighted by Gasteiger charge is 2.25. The van der Waals surface area contributed by atoms with Crippen LogP contribution in [0.5, 0.6) is 0 Å². The number of nitrogens with zero attached hydrogens (tertiary/aromatic N) is 4. The van der Waals surface area contributed by atoms with E-state index in [1.165, 1.54) is 11.1 Å². The second kappa shape index (κ2) is 8.25. The second-order valence-corrected chi connectivity index (χ2v) is 8.05. The fourth-order valence-corrected chi connectivity index (χ4v) is 3.84. The van der Waals surface area contributed by atoms with Gasteiger partial charge in [-0.05, 0) is 44.2 Å². The number of H-pyrrole nitrogens is 1. The molecule has 8 nitrogen and oxygen atoms in total. The van der Waals surface area contributed by atoms with Gasteiger partial charge in [-0.2, -0.15) is 0 Å². The molecule has 3 N–H and O–H groups in total. The molecule has 158 valence electrons. The number of aryl methyl sites for hydroxylation is 1. The number of rotatable bonds is 4. The second-order valence-electron chi connectivity index (χ2n) is 8.05. The van der Waals surface area contributed by atoms with Crippen LogP contribution in [-0.4, -0.2) is 57.0 Å². The number of amides is 2. The lowest BCUT2D eigenvalue weighted by Gasteiger charge is -2.31. The molecule has 0 aliphatic heterocycles. The largest absolute Gasteiger partial charge is 0.365 e. The Hall–Kier alpha value is -3.23. The van der Waals surface area contributed by atoms with Crippen LogP contribution in [0.15, 0.2) is 24.7 Å². The Morgan fingerprint density at radius 1 is 1.23 bits per heavy atom. The number of hydrogen-bond acceptors (Lipinski definition) is 5. The molecule has 3 heterocycles. The van der Waals surface area contributed by atoms with Gasteiger partial charge in [0.15, 0.2) is 17.5 Å². The van der Waals surface area contributed by atoms with E-state index in [9.17, 15) is 9.18 Å². The third-order valence-corrected chi connectivity index (χ3v) is 5.40. The van der Waals surface area contributed by atoms with Crippen LogP contribution in [0, 0.1) is 12.7 Å². The summed E-state index contributed by atoms with van der Waals surface area (Å²) in [6, 6.07) is 1.97. The van der Waals surface area contributed by atoms with E-state index in [0.717, 1.165) is 41.4 Å². The smallest absolute Gasteiger partial charge is 0.317 e. The first-order chi connectivity index (χ1) is 14.4. The Labute approximate surface area is 174 Å². The lowest BCUT2D eigenvalue weighted by molar-refractivity contribution is 0.208. The fourth-order valence-electron chi connectivity index (χ4n) is 3.84. The first-order valence-electron chi connectivity index (χ1n) is 10.1. The molecule has 9 heteroatoms. The molecule has 1 saturated carbocycles. The van der Waals surface area contributed by atoms with Crippen molar-refractivity contribution in [2.75, 3.05) is 19.4 Å². The van der Waals surface area contributed by atoms with Crippen LogP contribution in [0.1, 0.15) is 31.2 Å². The van der Waals surface area contributed by atoms with Crippen molar-refractivity contribution >= 4 is 22.9 Å². The van der Waals surface area contributed by atoms with Gasteiger partial charge in [0.2, 0.25) is 0 Å². The van der Waals surface area contributed by atoms with E-state index >= 15 is 0 Å². The first kappa shape index (κ1) is 20.1. The van der Waals surface area contributed by atoms with Gasteiger partial charge < -0.3 is 20.5 Å². The number of aromatic amines is 1. The van der Waals surface area contributed by atoms with Gasteiger partial charge in [-0.25, -0.2) is 24.1 Å². The molecule has 3 aromatic rings. The van der Waals surface area contributed by atoms with Crippen molar-refractivity contribution in [1.82, 2.24) is 30.2 Å². The number of pyridine rings is 1. The van der Waals surface area contributed by atoms with E-state index in [2.05, 4.69) is 30.6 Å². The van der Waals surface area contributed by atoms with Crippen molar-refractivity contribution in [2.24, 2.45) is 0 Å². The lowest BCUT2D eigenvalue weighted by Crippen LogP contribution is -2.45. The summed E-state index contributed by atoms with van der Waals surface area (Å²) >= 11 is 0. The summed E-state index contributed by atoms with van der Waals surface area (Å²) in [5.74, 6) is 0.123. The zero-order valence-corrected chi connectivity index (χ0v) is 17.4. The number of carbonyl (C=O) groups excluding carboxylic acids is 1. The van der Waals surface area contributed by atoms with E-state index in [-0.39, 0.29) is 23.9 Å². The summed E-state index contributed by atoms with van der Waals surface area (Å²) in [6.07, 6.45) is 8.25. The normalized spacial score (nSPS) is 18.9. The van der Waals surface area contributed by atoms with Crippen molar-refractivity contribution in [3.8, 4) is 11.4 Å². The summed E-state index contributed by atoms with van der Waals surface area (Å²) in [7, 11) is 3.43. The Kier molecular flexibility index (Phi) is 5.52. The van der Waals surface area contributed by atoms with Crippen LogP contribution >= 0.6 is 0 Å². The van der Waals surface area contributed by atoms with Gasteiger partial charge in [0.25, 0.3) is 0 Å². The number of aromatic nitrogens is 4. The lowest BCUT2D eigenvalue weighted by atomic mass is 9.91. The van der Waals surface area contributed by atoms with Crippen LogP contribution in [0.3, 0.4) is 0 Å². The maximum atomic E-state index is 14.5. The average Bonchev–Trinajstić information content (AvgIpc) is 3.13. The van der Waals surface area contributed by atoms with Gasteiger partial charge in [-0.1, -0.05) is 0 Å². The Bertz CT molecular complexity index is 1060. The standard InChI is InChI=1S/C21H26FN7O/c1-12-7-15-16(10-24-18(15)23-9-12)19-25-11-17(22)20(28-19)26-13-5-4-6-14(8-13)27-21(30)29(2)3/h7,9-11,13-14H,4-6,8H2,1-3H3,(H,23,24)(H,27,30)(H,25,26,28)/t13-,14+/m1/s1. The van der Waals surface area contributed by atoms with E-state index < -0.39 is 5.82 Å². The predicted molar refractivity (Wildman–Crippen MR) is 114 cm³/mol. The number of hydrogen-bond donors (Lipinski definition) is 3. The quantitative estimate of drug-likeness (QED) is 0.611. The number of urea groups is 1. The Balaban J connectivity index is 1.53. The van der Waals surface area contributed by atoms with Gasteiger partial charge in [0.1, 0.15) is 5.65 Å². The number of fused-ring (bicyclic) bond motifs is 1. The fraction of sp³-hybridized carbons (Fsp3) is 0.429. The molecule has 2 atom stereocenters. The molecule has 1 aliphatic carbocycles. The monoisotopic (exact) mass is 411 g/mol. The van der Waals surface area contributed by atoms with E-state index in [1.807, 2.05) is 13.0 Å². The van der Waals surface area contributed by atoms with Gasteiger partial charge in [0.05, 0.1) is 6.20 Å². The molecule has 2 amide bonds. The van der Waals surface area contributed by atoms with Crippen LogP contribution < -0.4 is 10.6 Å². The van der Waals surface area contributed by atoms with Crippen LogP contribution in [-0.2, 0) is 0 Å². The molecule has 0 aromatic carbocycles. The molecule has 1 aliphatic rings. The minimum Gasteiger partial charge on any atom is -0.365 e. The highest BCUT2D eigenvalue weighted by molar-refractivity contribution is 5.92. The van der Waals surface area contributed by atoms with E-state index in [4.69, 9.17) is 0 Å². The van der Waals surface area contributed by atoms with Gasteiger partial charge >= 0.3 is 6.03 Å². The Morgan fingerprint density at radius 3 is 2.83 bits per heavy atom. The highest BCUT2D eigenvalue weighted by atomic mass is 19.1. The third-order valence-electron chi connectivity index (χ3n) is 5.40. The molecule has 0 unspecified atom stereocenters. The maximum absolute atomic E-state index is 14.5. The summed E-state index contributed by atoms with van der Waals surface area (Å²) in [5.41, 5.74) is 2.55. The molecule has 30 heavy (non-hydrogen) atoms. The number of anilines is 1. The maximum Gasteiger partial charge on any atom is 0.317 e. The predicted octanol–water partition coefficient (Wildman–Crippen LogP) is 3.46. The summed E-state index contributed by atoms with van der Waals surface area (Å²) in [6.45, 7) is 1.97. The molecule has 0 spiro atoms. The molecule has 1 fully saturated rings. The topological polar surface area (TPSA) is 98.8 Å². The van der Waals surface area contributed by atoms with Crippen molar-refractivity contribution in [2.45, 2.75) is 44.7 Å². The first-order valence-corrected chi connectivity index (χ1v) is 10.1. The highest BCUT2D eigenvalue weighted by Crippen LogP contribution is 2.28. The van der Waals surface area contributed by atoms with Crippen molar-refractivity contribution in [1.29, 1.82) is 0 Å². The third kappa shape index (κ3) is 4.19. The SMILES string of the molecule is Cc1cnc2[nH]cc(-c3ncc(F)c(N[C@@H]4CCC[C@H](NC(=O)N(C)C)C4)n3)c2c1. The van der Waals surface area contributed by atoms with E-state index in [0.29, 0.717) is 12.2 Å². The number of carbonyl (C=O) groups is 1. The van der Waals surface area contributed by atoms with Crippen molar-refractivity contribution < 1.29 is 9.18 Å². The van der Waals surface area contributed by atoms with Crippen molar-refractivity contribution in [3.05, 3.63) is 36.0 Å².